The third-order valence-corrected chi connectivity index (χ3v) is 3.67. The predicted octanol–water partition coefficient (Wildman–Crippen LogP) is 2.66. The molecule has 0 amide bonds. The molecule has 2 aliphatic heterocycles. The van der Waals surface area contributed by atoms with Crippen LogP contribution in [-0.2, 0) is 0 Å². The van der Waals surface area contributed by atoms with E-state index in [1.165, 1.54) is 19.3 Å². The highest BCUT2D eigenvalue weighted by atomic mass is 19.4. The first-order chi connectivity index (χ1) is 7.57. The van der Waals surface area contributed by atoms with Crippen molar-refractivity contribution in [1.29, 1.82) is 0 Å². The lowest BCUT2D eigenvalue weighted by Gasteiger charge is -2.41. The van der Waals surface area contributed by atoms with Crippen molar-refractivity contribution in [3.8, 4) is 0 Å². The van der Waals surface area contributed by atoms with E-state index in [2.05, 4.69) is 10.0 Å². The monoisotopic (exact) mass is 236 g/mol. The van der Waals surface area contributed by atoms with Crippen molar-refractivity contribution >= 4 is 0 Å². The Kier molecular flexibility index (Phi) is 3.74. The Morgan fingerprint density at radius 3 is 1.75 bits per heavy atom. The fourth-order valence-electron chi connectivity index (χ4n) is 2.64. The first-order valence-corrected chi connectivity index (χ1v) is 6.14. The lowest BCUT2D eigenvalue weighted by Crippen LogP contribution is -2.50. The number of alkyl halides is 3. The summed E-state index contributed by atoms with van der Waals surface area (Å²) in [4.78, 5) is 0. The smallest absolute Gasteiger partial charge is 0.242 e. The summed E-state index contributed by atoms with van der Waals surface area (Å²) in [5.74, 6) is -1.08. The summed E-state index contributed by atoms with van der Waals surface area (Å²) in [6.07, 6.45) is 0.155. The lowest BCUT2D eigenvalue weighted by atomic mass is 9.97. The second-order valence-corrected chi connectivity index (χ2v) is 4.78. The minimum Gasteiger partial charge on any atom is -0.242 e. The molecule has 0 N–H and O–H groups in total. The third kappa shape index (κ3) is 2.88. The Balaban J connectivity index is 1.80. The molecule has 16 heavy (non-hydrogen) atoms. The maximum Gasteiger partial charge on any atom is 0.391 e. The van der Waals surface area contributed by atoms with Gasteiger partial charge in [-0.3, -0.25) is 0 Å². The predicted molar refractivity (Wildman–Crippen MR) is 55.8 cm³/mol. The van der Waals surface area contributed by atoms with E-state index in [9.17, 15) is 13.2 Å². The van der Waals surface area contributed by atoms with Crippen LogP contribution in [0, 0.1) is 5.92 Å². The van der Waals surface area contributed by atoms with E-state index in [1.54, 1.807) is 0 Å². The van der Waals surface area contributed by atoms with Crippen LogP contribution in [0.15, 0.2) is 0 Å². The molecule has 0 unspecified atom stereocenters. The topological polar surface area (TPSA) is 6.48 Å². The van der Waals surface area contributed by atoms with Crippen molar-refractivity contribution in [2.45, 2.75) is 38.3 Å². The first kappa shape index (κ1) is 12.2. The van der Waals surface area contributed by atoms with Crippen molar-refractivity contribution < 1.29 is 13.2 Å². The van der Waals surface area contributed by atoms with Crippen LogP contribution in [0.4, 0.5) is 13.2 Å². The average Bonchev–Trinajstić information content (AvgIpc) is 2.29. The molecular formula is C11H19F3N2. The van der Waals surface area contributed by atoms with Crippen molar-refractivity contribution in [2.75, 3.05) is 26.2 Å². The fourth-order valence-corrected chi connectivity index (χ4v) is 2.64. The third-order valence-electron chi connectivity index (χ3n) is 3.67. The normalized spacial score (nSPS) is 27.2. The summed E-state index contributed by atoms with van der Waals surface area (Å²) in [6.45, 7) is 3.20. The molecule has 0 atom stereocenters. The molecule has 0 aromatic carbocycles. The molecule has 0 bridgehead atoms. The van der Waals surface area contributed by atoms with Gasteiger partial charge in [0.15, 0.2) is 0 Å². The van der Waals surface area contributed by atoms with Gasteiger partial charge in [0.1, 0.15) is 0 Å². The van der Waals surface area contributed by atoms with Crippen LogP contribution >= 0.6 is 0 Å². The highest BCUT2D eigenvalue weighted by Crippen LogP contribution is 2.34. The van der Waals surface area contributed by atoms with E-state index in [0.29, 0.717) is 13.1 Å². The highest BCUT2D eigenvalue weighted by Gasteiger charge is 2.41. The zero-order valence-corrected chi connectivity index (χ0v) is 9.47. The highest BCUT2D eigenvalue weighted by molar-refractivity contribution is 4.77. The molecule has 0 aromatic rings. The van der Waals surface area contributed by atoms with Crippen LogP contribution in [-0.4, -0.2) is 42.4 Å². The van der Waals surface area contributed by atoms with E-state index < -0.39 is 12.1 Å². The molecule has 0 aromatic heterocycles. The molecule has 0 spiro atoms. The summed E-state index contributed by atoms with van der Waals surface area (Å²) in [5, 5.41) is 4.37. The molecule has 2 fully saturated rings. The molecule has 2 heterocycles. The van der Waals surface area contributed by atoms with Crippen molar-refractivity contribution in [3.05, 3.63) is 0 Å². The number of halogens is 3. The van der Waals surface area contributed by atoms with Crippen LogP contribution in [0.25, 0.3) is 0 Å². The minimum absolute atomic E-state index is 0.264. The van der Waals surface area contributed by atoms with Gasteiger partial charge in [-0.15, -0.1) is 0 Å². The molecule has 2 aliphatic rings. The summed E-state index contributed by atoms with van der Waals surface area (Å²) in [6, 6.07) is 0. The van der Waals surface area contributed by atoms with Gasteiger partial charge in [0.2, 0.25) is 0 Å². The zero-order chi connectivity index (χ0) is 11.6. The van der Waals surface area contributed by atoms with Crippen LogP contribution in [0.5, 0.6) is 0 Å². The summed E-state index contributed by atoms with van der Waals surface area (Å²) < 4.78 is 37.4. The number of nitrogens with zero attached hydrogens (tertiary/aromatic N) is 2. The van der Waals surface area contributed by atoms with E-state index >= 15 is 0 Å². The maximum atomic E-state index is 12.5. The van der Waals surface area contributed by atoms with Gasteiger partial charge in [-0.1, -0.05) is 6.42 Å². The Morgan fingerprint density at radius 1 is 0.750 bits per heavy atom. The summed E-state index contributed by atoms with van der Waals surface area (Å²) in [5.41, 5.74) is 0. The lowest BCUT2D eigenvalue weighted by molar-refractivity contribution is -0.195. The van der Waals surface area contributed by atoms with Gasteiger partial charge in [-0.25, -0.2) is 10.0 Å². The van der Waals surface area contributed by atoms with Gasteiger partial charge in [-0.2, -0.15) is 13.2 Å². The van der Waals surface area contributed by atoms with Crippen LogP contribution in [0.1, 0.15) is 32.1 Å². The van der Waals surface area contributed by atoms with Gasteiger partial charge in [0.05, 0.1) is 5.92 Å². The molecule has 2 nitrogen and oxygen atoms in total. The SMILES string of the molecule is FC(F)(F)C1CCN(N2CCCCC2)CC1. The molecule has 2 rings (SSSR count). The average molecular weight is 236 g/mol. The largest absolute Gasteiger partial charge is 0.391 e. The Morgan fingerprint density at radius 2 is 1.25 bits per heavy atom. The van der Waals surface area contributed by atoms with Gasteiger partial charge >= 0.3 is 6.18 Å². The van der Waals surface area contributed by atoms with E-state index in [1.807, 2.05) is 0 Å². The number of hydrazine groups is 1. The van der Waals surface area contributed by atoms with Crippen molar-refractivity contribution in [3.63, 3.8) is 0 Å². The zero-order valence-electron chi connectivity index (χ0n) is 9.47. The van der Waals surface area contributed by atoms with Crippen molar-refractivity contribution in [1.82, 2.24) is 10.0 Å². The number of rotatable bonds is 1. The van der Waals surface area contributed by atoms with Crippen LogP contribution < -0.4 is 0 Å². The van der Waals surface area contributed by atoms with Crippen LogP contribution in [0.2, 0.25) is 0 Å². The van der Waals surface area contributed by atoms with Gasteiger partial charge in [0.25, 0.3) is 0 Å². The minimum atomic E-state index is -3.99. The van der Waals surface area contributed by atoms with Crippen molar-refractivity contribution in [2.24, 2.45) is 5.92 Å². The number of piperidine rings is 2. The van der Waals surface area contributed by atoms with Gasteiger partial charge < -0.3 is 0 Å². The molecule has 0 radical (unpaired) electrons. The summed E-state index contributed by atoms with van der Waals surface area (Å²) in [7, 11) is 0. The Labute approximate surface area is 94.4 Å². The molecular weight excluding hydrogens is 217 g/mol. The maximum absolute atomic E-state index is 12.5. The second-order valence-electron chi connectivity index (χ2n) is 4.78. The molecule has 94 valence electrons. The molecule has 0 aliphatic carbocycles. The standard InChI is InChI=1S/C11H19F3N2/c12-11(13,14)10-4-8-16(9-5-10)15-6-2-1-3-7-15/h10H,1-9H2. The van der Waals surface area contributed by atoms with Crippen LogP contribution in [0.3, 0.4) is 0 Å². The van der Waals surface area contributed by atoms with E-state index in [0.717, 1.165) is 13.1 Å². The number of hydrogen-bond acceptors (Lipinski definition) is 2. The molecule has 5 heteroatoms. The van der Waals surface area contributed by atoms with Gasteiger partial charge in [0, 0.05) is 26.2 Å². The van der Waals surface area contributed by atoms with Gasteiger partial charge in [-0.05, 0) is 25.7 Å². The first-order valence-electron chi connectivity index (χ1n) is 6.14. The Bertz CT molecular complexity index is 216. The van der Waals surface area contributed by atoms with E-state index in [-0.39, 0.29) is 12.8 Å². The fraction of sp³-hybridized carbons (Fsp3) is 1.00. The molecule has 0 saturated carbocycles. The quantitative estimate of drug-likeness (QED) is 0.690. The van der Waals surface area contributed by atoms with E-state index in [4.69, 9.17) is 0 Å². The Hall–Kier alpha value is -0.290. The number of hydrogen-bond donors (Lipinski definition) is 0. The summed E-state index contributed by atoms with van der Waals surface area (Å²) >= 11 is 0. The molecule has 2 saturated heterocycles. The second kappa shape index (κ2) is 4.92.